The van der Waals surface area contributed by atoms with Crippen molar-refractivity contribution in [1.29, 1.82) is 0 Å². The highest BCUT2D eigenvalue weighted by Gasteiger charge is 2.24. The van der Waals surface area contributed by atoms with Gasteiger partial charge in [-0.05, 0) is 44.0 Å². The summed E-state index contributed by atoms with van der Waals surface area (Å²) in [6.07, 6.45) is 6.88. The molecule has 0 aliphatic heterocycles. The SMILES string of the molecule is CCN(C(=O)CCc1nc(-c2ccc(OC)cc2)no1)C1CCCCC1. The van der Waals surface area contributed by atoms with Gasteiger partial charge in [-0.3, -0.25) is 4.79 Å². The first-order valence-electron chi connectivity index (χ1n) is 9.47. The third-order valence-electron chi connectivity index (χ3n) is 5.05. The zero-order valence-corrected chi connectivity index (χ0v) is 15.6. The van der Waals surface area contributed by atoms with Crippen LogP contribution in [0, 0.1) is 0 Å². The van der Waals surface area contributed by atoms with E-state index in [1.807, 2.05) is 29.2 Å². The van der Waals surface area contributed by atoms with Crippen molar-refractivity contribution in [1.82, 2.24) is 15.0 Å². The number of amides is 1. The molecule has 0 N–H and O–H groups in total. The number of aryl methyl sites for hydroxylation is 1. The van der Waals surface area contributed by atoms with E-state index in [2.05, 4.69) is 17.1 Å². The Labute approximate surface area is 154 Å². The highest BCUT2D eigenvalue weighted by atomic mass is 16.5. The Morgan fingerprint density at radius 1 is 1.23 bits per heavy atom. The molecule has 0 radical (unpaired) electrons. The van der Waals surface area contributed by atoms with Gasteiger partial charge in [0.15, 0.2) is 0 Å². The van der Waals surface area contributed by atoms with Gasteiger partial charge < -0.3 is 14.2 Å². The monoisotopic (exact) mass is 357 g/mol. The zero-order chi connectivity index (χ0) is 18.4. The van der Waals surface area contributed by atoms with Gasteiger partial charge in [0, 0.05) is 31.0 Å². The van der Waals surface area contributed by atoms with Crippen LogP contribution in [0.1, 0.15) is 51.3 Å². The van der Waals surface area contributed by atoms with Crippen molar-refractivity contribution in [2.75, 3.05) is 13.7 Å². The lowest BCUT2D eigenvalue weighted by atomic mass is 9.94. The number of nitrogens with zero attached hydrogens (tertiary/aromatic N) is 3. The Balaban J connectivity index is 1.57. The van der Waals surface area contributed by atoms with E-state index in [-0.39, 0.29) is 5.91 Å². The zero-order valence-electron chi connectivity index (χ0n) is 15.6. The van der Waals surface area contributed by atoms with Crippen LogP contribution in [-0.4, -0.2) is 40.6 Å². The number of hydrogen-bond donors (Lipinski definition) is 0. The van der Waals surface area contributed by atoms with E-state index in [1.165, 1.54) is 19.3 Å². The molecule has 1 aliphatic carbocycles. The second-order valence-electron chi connectivity index (χ2n) is 6.71. The summed E-state index contributed by atoms with van der Waals surface area (Å²) in [5, 5.41) is 4.02. The van der Waals surface area contributed by atoms with Gasteiger partial charge in [-0.15, -0.1) is 0 Å². The van der Waals surface area contributed by atoms with Crippen LogP contribution in [0.2, 0.25) is 0 Å². The van der Waals surface area contributed by atoms with Crippen LogP contribution in [0.15, 0.2) is 28.8 Å². The van der Waals surface area contributed by atoms with Crippen LogP contribution in [0.25, 0.3) is 11.4 Å². The first kappa shape index (κ1) is 18.4. The van der Waals surface area contributed by atoms with Crippen molar-refractivity contribution in [3.63, 3.8) is 0 Å². The number of rotatable bonds is 7. The van der Waals surface area contributed by atoms with Crippen LogP contribution in [0.4, 0.5) is 0 Å². The van der Waals surface area contributed by atoms with Crippen LogP contribution in [-0.2, 0) is 11.2 Å². The standard InChI is InChI=1S/C20H27N3O3/c1-3-23(16-7-5-4-6-8-16)19(24)14-13-18-21-20(22-26-18)15-9-11-17(25-2)12-10-15/h9-12,16H,3-8,13-14H2,1-2H3. The molecule has 1 heterocycles. The first-order chi connectivity index (χ1) is 12.7. The maximum absolute atomic E-state index is 12.6. The molecule has 1 aliphatic rings. The summed E-state index contributed by atoms with van der Waals surface area (Å²) in [4.78, 5) is 19.1. The molecule has 1 saturated carbocycles. The van der Waals surface area contributed by atoms with Crippen LogP contribution in [0.5, 0.6) is 5.75 Å². The maximum atomic E-state index is 12.6. The summed E-state index contributed by atoms with van der Waals surface area (Å²) in [5.74, 6) is 2.01. The lowest BCUT2D eigenvalue weighted by Crippen LogP contribution is -2.41. The molecule has 0 spiro atoms. The van der Waals surface area contributed by atoms with E-state index < -0.39 is 0 Å². The summed E-state index contributed by atoms with van der Waals surface area (Å²) < 4.78 is 10.5. The van der Waals surface area contributed by atoms with E-state index in [4.69, 9.17) is 9.26 Å². The molecular weight excluding hydrogens is 330 g/mol. The number of methoxy groups -OCH3 is 1. The lowest BCUT2D eigenvalue weighted by Gasteiger charge is -2.33. The van der Waals surface area contributed by atoms with Gasteiger partial charge in [-0.2, -0.15) is 4.98 Å². The quantitative estimate of drug-likeness (QED) is 0.753. The fourth-order valence-electron chi connectivity index (χ4n) is 3.60. The van der Waals surface area contributed by atoms with E-state index in [0.717, 1.165) is 30.7 Å². The molecule has 3 rings (SSSR count). The van der Waals surface area contributed by atoms with E-state index >= 15 is 0 Å². The Hall–Kier alpha value is -2.37. The van der Waals surface area contributed by atoms with E-state index in [1.54, 1.807) is 7.11 Å². The van der Waals surface area contributed by atoms with Gasteiger partial charge in [0.2, 0.25) is 17.6 Å². The number of ether oxygens (including phenoxy) is 1. The second kappa shape index (κ2) is 8.83. The number of carbonyl (C=O) groups excluding carboxylic acids is 1. The predicted molar refractivity (Wildman–Crippen MR) is 98.9 cm³/mol. The Kier molecular flexibility index (Phi) is 6.26. The van der Waals surface area contributed by atoms with Crippen molar-refractivity contribution in [3.8, 4) is 17.1 Å². The fourth-order valence-corrected chi connectivity index (χ4v) is 3.60. The molecule has 0 atom stereocenters. The molecule has 1 aromatic carbocycles. The van der Waals surface area contributed by atoms with Gasteiger partial charge in [0.05, 0.1) is 7.11 Å². The summed E-state index contributed by atoms with van der Waals surface area (Å²) in [5.41, 5.74) is 0.865. The van der Waals surface area contributed by atoms with Crippen LogP contribution in [0.3, 0.4) is 0 Å². The molecule has 2 aromatic rings. The summed E-state index contributed by atoms with van der Waals surface area (Å²) in [6.45, 7) is 2.82. The molecule has 6 heteroatoms. The number of hydrogen-bond acceptors (Lipinski definition) is 5. The molecule has 0 unspecified atom stereocenters. The molecule has 0 bridgehead atoms. The molecule has 6 nitrogen and oxygen atoms in total. The van der Waals surface area contributed by atoms with E-state index in [0.29, 0.717) is 30.6 Å². The molecule has 26 heavy (non-hydrogen) atoms. The molecule has 0 saturated heterocycles. The van der Waals surface area contributed by atoms with Crippen LogP contribution < -0.4 is 4.74 Å². The Bertz CT molecular complexity index is 705. The van der Waals surface area contributed by atoms with Gasteiger partial charge >= 0.3 is 0 Å². The first-order valence-corrected chi connectivity index (χ1v) is 9.47. The Morgan fingerprint density at radius 2 is 1.96 bits per heavy atom. The highest BCUT2D eigenvalue weighted by molar-refractivity contribution is 5.76. The predicted octanol–water partition coefficient (Wildman–Crippen LogP) is 3.86. The van der Waals surface area contributed by atoms with Gasteiger partial charge in [-0.25, -0.2) is 0 Å². The summed E-state index contributed by atoms with van der Waals surface area (Å²) in [7, 11) is 1.63. The third kappa shape index (κ3) is 4.42. The van der Waals surface area contributed by atoms with Crippen molar-refractivity contribution < 1.29 is 14.1 Å². The van der Waals surface area contributed by atoms with Gasteiger partial charge in [0.25, 0.3) is 0 Å². The Morgan fingerprint density at radius 3 is 2.62 bits per heavy atom. The smallest absolute Gasteiger partial charge is 0.227 e. The minimum absolute atomic E-state index is 0.184. The number of carbonyl (C=O) groups is 1. The maximum Gasteiger partial charge on any atom is 0.227 e. The minimum atomic E-state index is 0.184. The number of benzene rings is 1. The van der Waals surface area contributed by atoms with Crippen molar-refractivity contribution in [3.05, 3.63) is 30.2 Å². The molecule has 1 aromatic heterocycles. The lowest BCUT2D eigenvalue weighted by molar-refractivity contribution is -0.134. The highest BCUT2D eigenvalue weighted by Crippen LogP contribution is 2.24. The molecule has 1 fully saturated rings. The van der Waals surface area contributed by atoms with Crippen molar-refractivity contribution in [2.45, 2.75) is 57.9 Å². The summed E-state index contributed by atoms with van der Waals surface area (Å²) in [6, 6.07) is 7.90. The van der Waals surface area contributed by atoms with Gasteiger partial charge in [-0.1, -0.05) is 24.4 Å². The third-order valence-corrected chi connectivity index (χ3v) is 5.05. The fraction of sp³-hybridized carbons (Fsp3) is 0.550. The average molecular weight is 357 g/mol. The largest absolute Gasteiger partial charge is 0.497 e. The van der Waals surface area contributed by atoms with Crippen LogP contribution >= 0.6 is 0 Å². The topological polar surface area (TPSA) is 68.5 Å². The van der Waals surface area contributed by atoms with Gasteiger partial charge in [0.1, 0.15) is 5.75 Å². The summed E-state index contributed by atoms with van der Waals surface area (Å²) >= 11 is 0. The molecule has 140 valence electrons. The van der Waals surface area contributed by atoms with Crippen molar-refractivity contribution >= 4 is 5.91 Å². The van der Waals surface area contributed by atoms with E-state index in [9.17, 15) is 4.79 Å². The van der Waals surface area contributed by atoms with Crippen molar-refractivity contribution in [2.24, 2.45) is 0 Å². The average Bonchev–Trinajstić information content (AvgIpc) is 3.17. The second-order valence-corrected chi connectivity index (χ2v) is 6.71. The normalized spacial score (nSPS) is 15.0. The minimum Gasteiger partial charge on any atom is -0.497 e. The molecular formula is C20H27N3O3. The number of aromatic nitrogens is 2. The molecule has 1 amide bonds.